The van der Waals surface area contributed by atoms with Crippen molar-refractivity contribution in [2.24, 2.45) is 5.73 Å². The minimum atomic E-state index is -0.347. The second-order valence-corrected chi connectivity index (χ2v) is 6.93. The van der Waals surface area contributed by atoms with Gasteiger partial charge in [0.05, 0.1) is 11.4 Å². The number of hydrogen-bond acceptors (Lipinski definition) is 5. The van der Waals surface area contributed by atoms with Gasteiger partial charge in [-0.1, -0.05) is 36.4 Å². The molecule has 0 aliphatic heterocycles. The first kappa shape index (κ1) is 16.5. The maximum atomic E-state index is 12.5. The normalized spacial score (nSPS) is 10.7. The largest absolute Gasteiger partial charge is 0.369 e. The Hall–Kier alpha value is -2.38. The number of thiazole rings is 1. The van der Waals surface area contributed by atoms with Crippen molar-refractivity contribution in [3.8, 4) is 0 Å². The van der Waals surface area contributed by atoms with E-state index in [1.54, 1.807) is 6.07 Å². The van der Waals surface area contributed by atoms with E-state index < -0.39 is 0 Å². The molecule has 0 saturated heterocycles. The summed E-state index contributed by atoms with van der Waals surface area (Å²) in [4.78, 5) is 27.6. The van der Waals surface area contributed by atoms with Gasteiger partial charge in [0.2, 0.25) is 5.91 Å². The van der Waals surface area contributed by atoms with Crippen LogP contribution in [-0.4, -0.2) is 22.6 Å². The van der Waals surface area contributed by atoms with Crippen molar-refractivity contribution in [2.75, 3.05) is 11.1 Å². The van der Waals surface area contributed by atoms with Gasteiger partial charge in [0.15, 0.2) is 5.13 Å². The second-order valence-electron chi connectivity index (χ2n) is 5.08. The van der Waals surface area contributed by atoms with E-state index in [1.165, 1.54) is 23.1 Å². The van der Waals surface area contributed by atoms with Gasteiger partial charge in [-0.15, -0.1) is 23.1 Å². The average molecular weight is 357 g/mol. The Labute approximate surface area is 147 Å². The minimum Gasteiger partial charge on any atom is -0.369 e. The van der Waals surface area contributed by atoms with E-state index in [4.69, 9.17) is 5.73 Å². The Morgan fingerprint density at radius 2 is 1.96 bits per heavy atom. The fourth-order valence-corrected chi connectivity index (χ4v) is 3.75. The van der Waals surface area contributed by atoms with Gasteiger partial charge in [0.1, 0.15) is 0 Å². The summed E-state index contributed by atoms with van der Waals surface area (Å²) in [5, 5.41) is 7.18. The van der Waals surface area contributed by atoms with E-state index in [2.05, 4.69) is 10.3 Å². The SMILES string of the molecule is NC(=O)CSCc1csc(NC(=O)c2cccc3ccccc23)n1. The lowest BCUT2D eigenvalue weighted by Crippen LogP contribution is -2.13. The van der Waals surface area contributed by atoms with Crippen molar-refractivity contribution in [3.63, 3.8) is 0 Å². The molecule has 0 saturated carbocycles. The molecule has 0 spiro atoms. The molecular weight excluding hydrogens is 342 g/mol. The summed E-state index contributed by atoms with van der Waals surface area (Å²) in [6, 6.07) is 13.4. The third-order valence-electron chi connectivity index (χ3n) is 3.30. The number of carbonyl (C=O) groups is 2. The molecule has 7 heteroatoms. The number of fused-ring (bicyclic) bond motifs is 1. The number of rotatable bonds is 6. The van der Waals surface area contributed by atoms with Gasteiger partial charge in [-0.25, -0.2) is 4.98 Å². The summed E-state index contributed by atoms with van der Waals surface area (Å²) in [5.41, 5.74) is 6.54. The van der Waals surface area contributed by atoms with Gasteiger partial charge in [-0.2, -0.15) is 0 Å². The van der Waals surface area contributed by atoms with Crippen molar-refractivity contribution in [3.05, 3.63) is 59.1 Å². The molecule has 3 rings (SSSR count). The number of primary amides is 1. The lowest BCUT2D eigenvalue weighted by atomic mass is 10.0. The van der Waals surface area contributed by atoms with Crippen LogP contribution in [0.25, 0.3) is 10.8 Å². The highest BCUT2D eigenvalue weighted by Crippen LogP contribution is 2.22. The molecule has 0 aliphatic carbocycles. The van der Waals surface area contributed by atoms with Crippen LogP contribution in [0.5, 0.6) is 0 Å². The van der Waals surface area contributed by atoms with Crippen molar-refractivity contribution < 1.29 is 9.59 Å². The molecular formula is C17H15N3O2S2. The topological polar surface area (TPSA) is 85.1 Å². The summed E-state index contributed by atoms with van der Waals surface area (Å²) >= 11 is 2.77. The average Bonchev–Trinajstić information content (AvgIpc) is 3.01. The molecule has 2 aromatic carbocycles. The molecule has 0 unspecified atom stereocenters. The van der Waals surface area contributed by atoms with Crippen molar-refractivity contribution in [1.29, 1.82) is 0 Å². The van der Waals surface area contributed by atoms with Crippen LogP contribution in [0.15, 0.2) is 47.8 Å². The molecule has 5 nitrogen and oxygen atoms in total. The van der Waals surface area contributed by atoms with E-state index in [1.807, 2.05) is 41.8 Å². The fourth-order valence-electron chi connectivity index (χ4n) is 2.27. The highest BCUT2D eigenvalue weighted by molar-refractivity contribution is 7.99. The standard InChI is InChI=1S/C17H15N3O2S2/c18-15(21)10-23-8-12-9-24-17(19-12)20-16(22)14-7-3-5-11-4-1-2-6-13(11)14/h1-7,9H,8,10H2,(H2,18,21)(H,19,20,22). The number of nitrogens with zero attached hydrogens (tertiary/aromatic N) is 1. The monoisotopic (exact) mass is 357 g/mol. The molecule has 1 aromatic heterocycles. The Balaban J connectivity index is 1.70. The van der Waals surface area contributed by atoms with Crippen LogP contribution in [0.3, 0.4) is 0 Å². The molecule has 122 valence electrons. The molecule has 0 fully saturated rings. The molecule has 3 N–H and O–H groups in total. The van der Waals surface area contributed by atoms with Crippen LogP contribution >= 0.6 is 23.1 Å². The zero-order valence-electron chi connectivity index (χ0n) is 12.7. The van der Waals surface area contributed by atoms with Crippen molar-refractivity contribution in [1.82, 2.24) is 4.98 Å². The van der Waals surface area contributed by atoms with Gasteiger partial charge in [-0.05, 0) is 16.8 Å². The van der Waals surface area contributed by atoms with Gasteiger partial charge in [0.25, 0.3) is 5.91 Å². The first-order chi connectivity index (χ1) is 11.6. The number of anilines is 1. The van der Waals surface area contributed by atoms with Gasteiger partial charge in [-0.3, -0.25) is 14.9 Å². The number of aromatic nitrogens is 1. The Morgan fingerprint density at radius 3 is 2.79 bits per heavy atom. The molecule has 24 heavy (non-hydrogen) atoms. The molecule has 0 atom stereocenters. The number of amides is 2. The van der Waals surface area contributed by atoms with E-state index in [0.29, 0.717) is 16.4 Å². The Bertz CT molecular complexity index is 887. The van der Waals surface area contributed by atoms with Gasteiger partial charge < -0.3 is 5.73 Å². The Kier molecular flexibility index (Phi) is 5.12. The van der Waals surface area contributed by atoms with Crippen molar-refractivity contribution in [2.45, 2.75) is 5.75 Å². The molecule has 0 aliphatic rings. The summed E-state index contributed by atoms with van der Waals surface area (Å²) < 4.78 is 0. The maximum absolute atomic E-state index is 12.5. The lowest BCUT2D eigenvalue weighted by molar-refractivity contribution is -0.115. The zero-order valence-corrected chi connectivity index (χ0v) is 14.3. The molecule has 1 heterocycles. The van der Waals surface area contributed by atoms with Gasteiger partial charge in [0, 0.05) is 16.7 Å². The van der Waals surface area contributed by atoms with Crippen LogP contribution in [-0.2, 0) is 10.5 Å². The molecule has 0 radical (unpaired) electrons. The molecule has 2 amide bonds. The number of carbonyl (C=O) groups excluding carboxylic acids is 2. The summed E-state index contributed by atoms with van der Waals surface area (Å²) in [6.45, 7) is 0. The van der Waals surface area contributed by atoms with E-state index in [-0.39, 0.29) is 17.6 Å². The lowest BCUT2D eigenvalue weighted by Gasteiger charge is -2.06. The summed E-state index contributed by atoms with van der Waals surface area (Å²) in [5.74, 6) is 0.316. The third kappa shape index (κ3) is 3.93. The first-order valence-electron chi connectivity index (χ1n) is 7.23. The van der Waals surface area contributed by atoms with Crippen LogP contribution in [0.2, 0.25) is 0 Å². The fraction of sp³-hybridized carbons (Fsp3) is 0.118. The highest BCUT2D eigenvalue weighted by Gasteiger charge is 2.12. The van der Waals surface area contributed by atoms with Crippen LogP contribution in [0, 0.1) is 0 Å². The summed E-state index contributed by atoms with van der Waals surface area (Å²) in [6.07, 6.45) is 0. The van der Waals surface area contributed by atoms with Crippen molar-refractivity contribution >= 4 is 50.8 Å². The zero-order chi connectivity index (χ0) is 16.9. The smallest absolute Gasteiger partial charge is 0.258 e. The quantitative estimate of drug-likeness (QED) is 0.709. The second kappa shape index (κ2) is 7.46. The minimum absolute atomic E-state index is 0.183. The number of nitrogens with two attached hydrogens (primary N) is 1. The van der Waals surface area contributed by atoms with E-state index in [9.17, 15) is 9.59 Å². The number of nitrogens with one attached hydrogen (secondary N) is 1. The van der Waals surface area contributed by atoms with Crippen LogP contribution in [0.4, 0.5) is 5.13 Å². The van der Waals surface area contributed by atoms with E-state index >= 15 is 0 Å². The maximum Gasteiger partial charge on any atom is 0.258 e. The van der Waals surface area contributed by atoms with Gasteiger partial charge >= 0.3 is 0 Å². The highest BCUT2D eigenvalue weighted by atomic mass is 32.2. The van der Waals surface area contributed by atoms with Crippen LogP contribution < -0.4 is 11.1 Å². The number of hydrogen-bond donors (Lipinski definition) is 2. The summed E-state index contributed by atoms with van der Waals surface area (Å²) in [7, 11) is 0. The van der Waals surface area contributed by atoms with Crippen LogP contribution in [0.1, 0.15) is 16.1 Å². The Morgan fingerprint density at radius 1 is 1.17 bits per heavy atom. The predicted molar refractivity (Wildman–Crippen MR) is 99.4 cm³/mol. The number of benzene rings is 2. The molecule has 3 aromatic rings. The van der Waals surface area contributed by atoms with E-state index in [0.717, 1.165) is 16.5 Å². The predicted octanol–water partition coefficient (Wildman–Crippen LogP) is 3.27. The molecule has 0 bridgehead atoms. The first-order valence-corrected chi connectivity index (χ1v) is 9.26. The number of thioether (sulfide) groups is 1. The third-order valence-corrected chi connectivity index (χ3v) is 5.10.